The maximum Gasteiger partial charge on any atom is 0.0600 e. The van der Waals surface area contributed by atoms with Crippen LogP contribution >= 0.6 is 0 Å². The Balaban J connectivity index is 1.64. The van der Waals surface area contributed by atoms with Crippen molar-refractivity contribution in [1.82, 2.24) is 5.32 Å². The molecule has 2 aliphatic carbocycles. The Labute approximate surface area is 87.4 Å². The van der Waals surface area contributed by atoms with Crippen molar-refractivity contribution < 1.29 is 4.74 Å². The maximum absolute atomic E-state index is 5.55. The van der Waals surface area contributed by atoms with E-state index in [1.54, 1.807) is 0 Å². The van der Waals surface area contributed by atoms with Gasteiger partial charge in [-0.3, -0.25) is 0 Å². The molecule has 2 atom stereocenters. The first-order valence-corrected chi connectivity index (χ1v) is 6.16. The molecule has 2 rings (SSSR count). The minimum Gasteiger partial charge on any atom is -0.381 e. The van der Waals surface area contributed by atoms with Gasteiger partial charge >= 0.3 is 0 Å². The molecule has 0 unspecified atom stereocenters. The van der Waals surface area contributed by atoms with Gasteiger partial charge in [0, 0.05) is 13.2 Å². The molecular formula is C12H23NO. The fourth-order valence-electron chi connectivity index (χ4n) is 2.57. The van der Waals surface area contributed by atoms with E-state index in [2.05, 4.69) is 5.32 Å². The summed E-state index contributed by atoms with van der Waals surface area (Å²) in [6, 6.07) is 0.861. The molecular weight excluding hydrogens is 174 g/mol. The second-order valence-corrected chi connectivity index (χ2v) is 4.84. The van der Waals surface area contributed by atoms with Crippen LogP contribution in [-0.4, -0.2) is 25.8 Å². The van der Waals surface area contributed by atoms with Crippen molar-refractivity contribution in [3.05, 3.63) is 0 Å². The summed E-state index contributed by atoms with van der Waals surface area (Å²) in [5, 5.41) is 3.59. The number of rotatable bonds is 5. The van der Waals surface area contributed by atoms with Crippen LogP contribution in [0.3, 0.4) is 0 Å². The third-order valence-corrected chi connectivity index (χ3v) is 3.67. The molecule has 2 aliphatic rings. The van der Waals surface area contributed by atoms with Crippen molar-refractivity contribution in [3.8, 4) is 0 Å². The van der Waals surface area contributed by atoms with Crippen LogP contribution < -0.4 is 5.32 Å². The van der Waals surface area contributed by atoms with Gasteiger partial charge in [-0.25, -0.2) is 0 Å². The Morgan fingerprint density at radius 3 is 2.64 bits per heavy atom. The van der Waals surface area contributed by atoms with E-state index in [0.717, 1.165) is 12.0 Å². The number of hydrogen-bond acceptors (Lipinski definition) is 2. The van der Waals surface area contributed by atoms with E-state index in [0.29, 0.717) is 6.10 Å². The first-order valence-electron chi connectivity index (χ1n) is 6.16. The van der Waals surface area contributed by atoms with Crippen molar-refractivity contribution >= 4 is 0 Å². The first-order chi connectivity index (χ1) is 6.90. The van der Waals surface area contributed by atoms with Gasteiger partial charge in [-0.05, 0) is 44.6 Å². The Hall–Kier alpha value is -0.0800. The van der Waals surface area contributed by atoms with Crippen molar-refractivity contribution in [2.24, 2.45) is 5.92 Å². The molecule has 2 fully saturated rings. The second-order valence-electron chi connectivity index (χ2n) is 4.84. The van der Waals surface area contributed by atoms with Crippen molar-refractivity contribution in [2.45, 2.75) is 57.1 Å². The Morgan fingerprint density at radius 2 is 1.93 bits per heavy atom. The highest BCUT2D eigenvalue weighted by Crippen LogP contribution is 2.29. The molecule has 0 aromatic carbocycles. The summed E-state index contributed by atoms with van der Waals surface area (Å²) >= 11 is 0. The summed E-state index contributed by atoms with van der Waals surface area (Å²) in [7, 11) is 1.87. The molecule has 14 heavy (non-hydrogen) atoms. The molecule has 2 saturated carbocycles. The van der Waals surface area contributed by atoms with E-state index in [-0.39, 0.29) is 0 Å². The van der Waals surface area contributed by atoms with Crippen LogP contribution in [0.1, 0.15) is 44.9 Å². The minimum absolute atomic E-state index is 0.546. The monoisotopic (exact) mass is 197 g/mol. The summed E-state index contributed by atoms with van der Waals surface area (Å²) in [5.74, 6) is 0.819. The van der Waals surface area contributed by atoms with E-state index in [9.17, 15) is 0 Å². The van der Waals surface area contributed by atoms with E-state index in [4.69, 9.17) is 4.74 Å². The molecule has 0 heterocycles. The average Bonchev–Trinajstić information content (AvgIpc) is 3.03. The standard InChI is InChI=1S/C12H23NO/c1-14-12-5-3-2-4-10(12)8-9-13-11-6-7-11/h10-13H,2-9H2,1H3/t10-,12+/m0/s1. The number of methoxy groups -OCH3 is 1. The van der Waals surface area contributed by atoms with Crippen LogP contribution in [-0.2, 0) is 4.74 Å². The van der Waals surface area contributed by atoms with Gasteiger partial charge in [0.15, 0.2) is 0 Å². The Bertz CT molecular complexity index is 168. The number of hydrogen-bond donors (Lipinski definition) is 1. The van der Waals surface area contributed by atoms with Crippen LogP contribution in [0.5, 0.6) is 0 Å². The normalized spacial score (nSPS) is 33.2. The van der Waals surface area contributed by atoms with E-state index in [1.165, 1.54) is 51.5 Å². The van der Waals surface area contributed by atoms with Crippen LogP contribution in [0, 0.1) is 5.92 Å². The van der Waals surface area contributed by atoms with Crippen LogP contribution in [0.4, 0.5) is 0 Å². The van der Waals surface area contributed by atoms with Gasteiger partial charge in [0.1, 0.15) is 0 Å². The van der Waals surface area contributed by atoms with Gasteiger partial charge in [-0.15, -0.1) is 0 Å². The number of ether oxygens (including phenoxy) is 1. The maximum atomic E-state index is 5.55. The lowest BCUT2D eigenvalue weighted by Gasteiger charge is -2.30. The largest absolute Gasteiger partial charge is 0.381 e. The smallest absolute Gasteiger partial charge is 0.0600 e. The second kappa shape index (κ2) is 5.13. The van der Waals surface area contributed by atoms with E-state index >= 15 is 0 Å². The van der Waals surface area contributed by atoms with Crippen LogP contribution in [0.2, 0.25) is 0 Å². The third kappa shape index (κ3) is 2.96. The molecule has 1 N–H and O–H groups in total. The SMILES string of the molecule is CO[C@@H]1CCCC[C@H]1CCNC1CC1. The zero-order valence-corrected chi connectivity index (χ0v) is 9.30. The van der Waals surface area contributed by atoms with E-state index < -0.39 is 0 Å². The lowest BCUT2D eigenvalue weighted by molar-refractivity contribution is 0.0205. The summed E-state index contributed by atoms with van der Waals surface area (Å²) in [6.07, 6.45) is 10.1. The molecule has 0 saturated heterocycles. The minimum atomic E-state index is 0.546. The molecule has 0 radical (unpaired) electrons. The van der Waals surface area contributed by atoms with Crippen LogP contribution in [0.25, 0.3) is 0 Å². The Kier molecular flexibility index (Phi) is 3.82. The fraction of sp³-hybridized carbons (Fsp3) is 1.00. The summed E-state index contributed by atoms with van der Waals surface area (Å²) in [6.45, 7) is 1.20. The molecule has 0 spiro atoms. The average molecular weight is 197 g/mol. The van der Waals surface area contributed by atoms with Gasteiger partial charge in [0.05, 0.1) is 6.10 Å². The topological polar surface area (TPSA) is 21.3 Å². The van der Waals surface area contributed by atoms with Crippen molar-refractivity contribution in [3.63, 3.8) is 0 Å². The van der Waals surface area contributed by atoms with Crippen molar-refractivity contribution in [1.29, 1.82) is 0 Å². The zero-order chi connectivity index (χ0) is 9.80. The molecule has 0 bridgehead atoms. The lowest BCUT2D eigenvalue weighted by atomic mass is 9.84. The predicted molar refractivity (Wildman–Crippen MR) is 58.4 cm³/mol. The summed E-state index contributed by atoms with van der Waals surface area (Å²) < 4.78 is 5.55. The van der Waals surface area contributed by atoms with Gasteiger partial charge in [0.2, 0.25) is 0 Å². The highest BCUT2D eigenvalue weighted by atomic mass is 16.5. The first kappa shape index (κ1) is 10.4. The van der Waals surface area contributed by atoms with Gasteiger partial charge < -0.3 is 10.1 Å². The van der Waals surface area contributed by atoms with Gasteiger partial charge in [-0.2, -0.15) is 0 Å². The van der Waals surface area contributed by atoms with E-state index in [1.807, 2.05) is 7.11 Å². The predicted octanol–water partition coefficient (Wildman–Crippen LogP) is 2.33. The molecule has 82 valence electrons. The molecule has 2 nitrogen and oxygen atoms in total. The van der Waals surface area contributed by atoms with Crippen molar-refractivity contribution in [2.75, 3.05) is 13.7 Å². The fourth-order valence-corrected chi connectivity index (χ4v) is 2.57. The quantitative estimate of drug-likeness (QED) is 0.730. The molecule has 0 amide bonds. The number of nitrogens with one attached hydrogen (secondary N) is 1. The Morgan fingerprint density at radius 1 is 1.14 bits per heavy atom. The lowest BCUT2D eigenvalue weighted by Crippen LogP contribution is -2.30. The highest BCUT2D eigenvalue weighted by Gasteiger charge is 2.25. The zero-order valence-electron chi connectivity index (χ0n) is 9.30. The highest BCUT2D eigenvalue weighted by molar-refractivity contribution is 4.82. The van der Waals surface area contributed by atoms with Gasteiger partial charge in [-0.1, -0.05) is 12.8 Å². The molecule has 2 heteroatoms. The van der Waals surface area contributed by atoms with Crippen LogP contribution in [0.15, 0.2) is 0 Å². The summed E-state index contributed by atoms with van der Waals surface area (Å²) in [4.78, 5) is 0. The molecule has 0 aromatic heterocycles. The van der Waals surface area contributed by atoms with Gasteiger partial charge in [0.25, 0.3) is 0 Å². The molecule has 0 aliphatic heterocycles. The molecule has 0 aromatic rings. The summed E-state index contributed by atoms with van der Waals surface area (Å²) in [5.41, 5.74) is 0. The third-order valence-electron chi connectivity index (χ3n) is 3.67.